The molecule has 3 aromatic rings. The lowest BCUT2D eigenvalue weighted by molar-refractivity contribution is 0.155. The molecule has 2 aliphatic heterocycles. The van der Waals surface area contributed by atoms with Crippen molar-refractivity contribution in [3.05, 3.63) is 54.0 Å². The van der Waals surface area contributed by atoms with Gasteiger partial charge in [-0.25, -0.2) is 14.2 Å². The minimum absolute atomic E-state index is 0.0262. The number of imidazole rings is 1. The number of nitrogens with one attached hydrogen (secondary N) is 1. The van der Waals surface area contributed by atoms with Gasteiger partial charge in [-0.3, -0.25) is 0 Å². The Morgan fingerprint density at radius 1 is 1.20 bits per heavy atom. The van der Waals surface area contributed by atoms with E-state index in [4.69, 9.17) is 10.2 Å². The second-order valence-electron chi connectivity index (χ2n) is 7.87. The molecule has 0 aliphatic carbocycles. The minimum atomic E-state index is -0.893. The molecular formula is C21H23FN6O2. The van der Waals surface area contributed by atoms with Crippen molar-refractivity contribution >= 4 is 23.4 Å². The Morgan fingerprint density at radius 2 is 2.10 bits per heavy atom. The largest absolute Gasteiger partial charge is 0.465 e. The first-order valence-electron chi connectivity index (χ1n) is 10.2. The average Bonchev–Trinajstić information content (AvgIpc) is 3.48. The summed E-state index contributed by atoms with van der Waals surface area (Å²) in [6.45, 7) is 1.81. The summed E-state index contributed by atoms with van der Waals surface area (Å²) in [5.74, 6) is 1.33. The van der Waals surface area contributed by atoms with Crippen LogP contribution in [-0.2, 0) is 0 Å². The van der Waals surface area contributed by atoms with Gasteiger partial charge in [-0.2, -0.15) is 4.52 Å². The quantitative estimate of drug-likeness (QED) is 0.686. The Balaban J connectivity index is 1.41. The van der Waals surface area contributed by atoms with E-state index in [1.165, 1.54) is 11.0 Å². The van der Waals surface area contributed by atoms with Gasteiger partial charge in [0.2, 0.25) is 0 Å². The molecule has 156 valence electrons. The zero-order valence-corrected chi connectivity index (χ0v) is 16.4. The van der Waals surface area contributed by atoms with Crippen LogP contribution in [0.3, 0.4) is 0 Å². The SMILES string of the molecule is O=C(O)N1CC[C@@H](Nc2cnc3ccc(N4CCC[C@@H]4c4cccc(F)c4)nn23)C1. The van der Waals surface area contributed by atoms with Gasteiger partial charge in [-0.15, -0.1) is 5.10 Å². The van der Waals surface area contributed by atoms with E-state index in [1.807, 2.05) is 18.2 Å². The van der Waals surface area contributed by atoms with E-state index in [2.05, 4.69) is 15.2 Å². The van der Waals surface area contributed by atoms with Crippen LogP contribution in [0.25, 0.3) is 5.65 Å². The number of carboxylic acid groups (broad SMARTS) is 1. The van der Waals surface area contributed by atoms with Gasteiger partial charge in [-0.1, -0.05) is 12.1 Å². The first-order chi connectivity index (χ1) is 14.6. The Kier molecular flexibility index (Phi) is 4.65. The van der Waals surface area contributed by atoms with Crippen molar-refractivity contribution in [2.75, 3.05) is 29.9 Å². The lowest BCUT2D eigenvalue weighted by Gasteiger charge is -2.26. The van der Waals surface area contributed by atoms with E-state index < -0.39 is 6.09 Å². The molecule has 0 bridgehead atoms. The third-order valence-corrected chi connectivity index (χ3v) is 5.94. The number of carbonyl (C=O) groups is 1. The van der Waals surface area contributed by atoms with Crippen LogP contribution in [0.4, 0.5) is 20.8 Å². The fourth-order valence-corrected chi connectivity index (χ4v) is 4.48. The Hall–Kier alpha value is -3.36. The van der Waals surface area contributed by atoms with Crippen molar-refractivity contribution < 1.29 is 14.3 Å². The second-order valence-corrected chi connectivity index (χ2v) is 7.87. The van der Waals surface area contributed by atoms with Crippen LogP contribution >= 0.6 is 0 Å². The molecule has 4 heterocycles. The van der Waals surface area contributed by atoms with Crippen molar-refractivity contribution in [3.8, 4) is 0 Å². The van der Waals surface area contributed by atoms with Gasteiger partial charge in [0.05, 0.1) is 12.2 Å². The van der Waals surface area contributed by atoms with Crippen LogP contribution < -0.4 is 10.2 Å². The number of benzene rings is 1. The molecule has 1 aromatic carbocycles. The number of likely N-dealkylation sites (tertiary alicyclic amines) is 1. The van der Waals surface area contributed by atoms with Crippen molar-refractivity contribution in [1.29, 1.82) is 0 Å². The van der Waals surface area contributed by atoms with Gasteiger partial charge in [0.25, 0.3) is 0 Å². The van der Waals surface area contributed by atoms with Crippen LogP contribution in [0.2, 0.25) is 0 Å². The summed E-state index contributed by atoms with van der Waals surface area (Å²) < 4.78 is 15.5. The van der Waals surface area contributed by atoms with Crippen molar-refractivity contribution in [2.45, 2.75) is 31.3 Å². The lowest BCUT2D eigenvalue weighted by atomic mass is 10.0. The molecule has 2 atom stereocenters. The molecule has 8 nitrogen and oxygen atoms in total. The monoisotopic (exact) mass is 410 g/mol. The number of aromatic nitrogens is 3. The molecule has 2 N–H and O–H groups in total. The highest BCUT2D eigenvalue weighted by molar-refractivity contribution is 5.65. The molecule has 0 radical (unpaired) electrons. The third kappa shape index (κ3) is 3.40. The highest BCUT2D eigenvalue weighted by atomic mass is 19.1. The Morgan fingerprint density at radius 3 is 2.90 bits per heavy atom. The summed E-state index contributed by atoms with van der Waals surface area (Å²) in [5, 5.41) is 17.3. The van der Waals surface area contributed by atoms with Gasteiger partial charge in [0.15, 0.2) is 5.65 Å². The zero-order chi connectivity index (χ0) is 20.7. The average molecular weight is 410 g/mol. The van der Waals surface area contributed by atoms with Crippen molar-refractivity contribution in [1.82, 2.24) is 19.5 Å². The standard InChI is InChI=1S/C21H23FN6O2/c22-15-4-1-3-14(11-15)17-5-2-9-27(17)19-7-6-18-23-12-20(28(18)25-19)24-16-8-10-26(13-16)21(29)30/h1,3-4,6-7,11-12,16-17,24H,2,5,8-10,13H2,(H,29,30)/t16-,17-/m1/s1. The predicted molar refractivity (Wildman–Crippen MR) is 110 cm³/mol. The summed E-state index contributed by atoms with van der Waals surface area (Å²) in [6, 6.07) is 10.8. The maximum atomic E-state index is 13.7. The molecule has 9 heteroatoms. The summed E-state index contributed by atoms with van der Waals surface area (Å²) in [4.78, 5) is 19.2. The van der Waals surface area contributed by atoms with Gasteiger partial charge in [0.1, 0.15) is 17.5 Å². The maximum absolute atomic E-state index is 13.7. The highest BCUT2D eigenvalue weighted by Crippen LogP contribution is 2.35. The number of nitrogens with zero attached hydrogens (tertiary/aromatic N) is 5. The summed E-state index contributed by atoms with van der Waals surface area (Å²) in [7, 11) is 0. The first kappa shape index (κ1) is 18.7. The molecule has 2 aromatic heterocycles. The molecule has 0 saturated carbocycles. The first-order valence-corrected chi connectivity index (χ1v) is 10.2. The molecule has 0 spiro atoms. The van der Waals surface area contributed by atoms with E-state index in [0.717, 1.165) is 48.7 Å². The van der Waals surface area contributed by atoms with E-state index >= 15 is 0 Å². The number of halogens is 1. The lowest BCUT2D eigenvalue weighted by Crippen LogP contribution is -2.30. The third-order valence-electron chi connectivity index (χ3n) is 5.94. The molecule has 30 heavy (non-hydrogen) atoms. The molecule has 5 rings (SSSR count). The van der Waals surface area contributed by atoms with Crippen LogP contribution in [-0.4, -0.2) is 56.4 Å². The number of fused-ring (bicyclic) bond motifs is 1. The summed E-state index contributed by atoms with van der Waals surface area (Å²) in [6.07, 6.45) is 3.54. The van der Waals surface area contributed by atoms with E-state index in [9.17, 15) is 9.18 Å². The van der Waals surface area contributed by atoms with Crippen molar-refractivity contribution in [3.63, 3.8) is 0 Å². The fraction of sp³-hybridized carbons (Fsp3) is 0.381. The van der Waals surface area contributed by atoms with Gasteiger partial charge >= 0.3 is 6.09 Å². The Bertz CT molecular complexity index is 1090. The van der Waals surface area contributed by atoms with Crippen LogP contribution in [0.1, 0.15) is 30.9 Å². The van der Waals surface area contributed by atoms with E-state index in [-0.39, 0.29) is 17.9 Å². The van der Waals surface area contributed by atoms with E-state index in [0.29, 0.717) is 13.1 Å². The van der Waals surface area contributed by atoms with E-state index in [1.54, 1.807) is 22.8 Å². The smallest absolute Gasteiger partial charge is 0.407 e. The number of hydrogen-bond donors (Lipinski definition) is 2. The maximum Gasteiger partial charge on any atom is 0.407 e. The number of anilines is 2. The van der Waals surface area contributed by atoms with Crippen molar-refractivity contribution in [2.24, 2.45) is 0 Å². The highest BCUT2D eigenvalue weighted by Gasteiger charge is 2.29. The second kappa shape index (κ2) is 7.47. The van der Waals surface area contributed by atoms with Gasteiger partial charge in [0, 0.05) is 25.7 Å². The number of hydrogen-bond acceptors (Lipinski definition) is 5. The summed E-state index contributed by atoms with van der Waals surface area (Å²) >= 11 is 0. The van der Waals surface area contributed by atoms with Crippen LogP contribution in [0.15, 0.2) is 42.6 Å². The predicted octanol–water partition coefficient (Wildman–Crippen LogP) is 3.37. The number of rotatable bonds is 4. The van der Waals surface area contributed by atoms with Crippen LogP contribution in [0.5, 0.6) is 0 Å². The minimum Gasteiger partial charge on any atom is -0.465 e. The normalized spacial score (nSPS) is 21.5. The summed E-state index contributed by atoms with van der Waals surface area (Å²) in [5.41, 5.74) is 1.67. The molecule has 0 unspecified atom stereocenters. The Labute approximate surface area is 172 Å². The zero-order valence-electron chi connectivity index (χ0n) is 16.4. The molecular weight excluding hydrogens is 387 g/mol. The molecule has 2 aliphatic rings. The molecule has 2 saturated heterocycles. The fourth-order valence-electron chi connectivity index (χ4n) is 4.48. The molecule has 2 fully saturated rings. The van der Waals surface area contributed by atoms with Gasteiger partial charge in [-0.05, 0) is 49.1 Å². The number of amides is 1. The van der Waals surface area contributed by atoms with Gasteiger partial charge < -0.3 is 20.2 Å². The van der Waals surface area contributed by atoms with Crippen LogP contribution in [0, 0.1) is 5.82 Å². The topological polar surface area (TPSA) is 86.0 Å². The molecule has 1 amide bonds.